The van der Waals surface area contributed by atoms with Gasteiger partial charge >= 0.3 is 0 Å². The van der Waals surface area contributed by atoms with E-state index in [4.69, 9.17) is 4.74 Å². The highest BCUT2D eigenvalue weighted by Crippen LogP contribution is 2.23. The minimum Gasteiger partial charge on any atom is -0.497 e. The fourth-order valence-corrected chi connectivity index (χ4v) is 3.10. The summed E-state index contributed by atoms with van der Waals surface area (Å²) in [6, 6.07) is 11.9. The van der Waals surface area contributed by atoms with Crippen LogP contribution in [0.25, 0.3) is 0 Å². The molecule has 0 spiro atoms. The molecule has 1 saturated heterocycles. The Morgan fingerprint density at radius 3 is 3.00 bits per heavy atom. The third-order valence-corrected chi connectivity index (χ3v) is 4.39. The fourth-order valence-electron chi connectivity index (χ4n) is 3.10. The van der Waals surface area contributed by atoms with Crippen LogP contribution < -0.4 is 10.1 Å². The van der Waals surface area contributed by atoms with Crippen LogP contribution in [0.15, 0.2) is 48.8 Å². The molecule has 0 aliphatic carbocycles. The summed E-state index contributed by atoms with van der Waals surface area (Å²) in [6.07, 6.45) is 4.83. The minimum absolute atomic E-state index is 0. The van der Waals surface area contributed by atoms with Crippen molar-refractivity contribution in [1.82, 2.24) is 15.2 Å². The molecule has 1 fully saturated rings. The van der Waals surface area contributed by atoms with Gasteiger partial charge in [-0.2, -0.15) is 0 Å². The first kappa shape index (κ1) is 19.2. The summed E-state index contributed by atoms with van der Waals surface area (Å²) in [5.74, 6) is 1.02. The van der Waals surface area contributed by atoms with Crippen LogP contribution in [0.1, 0.15) is 23.6 Å². The number of carbonyl (C=O) groups excluding carboxylic acids is 1. The number of ether oxygens (including phenoxy) is 1. The average molecular weight is 362 g/mol. The number of piperazine rings is 1. The lowest BCUT2D eigenvalue weighted by molar-refractivity contribution is -0.134. The number of rotatable bonds is 5. The van der Waals surface area contributed by atoms with E-state index in [1.807, 2.05) is 47.5 Å². The van der Waals surface area contributed by atoms with Crippen molar-refractivity contribution in [3.8, 4) is 5.75 Å². The zero-order chi connectivity index (χ0) is 16.8. The summed E-state index contributed by atoms with van der Waals surface area (Å²) in [5.41, 5.74) is 2.20. The molecule has 1 aromatic heterocycles. The van der Waals surface area contributed by atoms with Crippen molar-refractivity contribution >= 4 is 18.3 Å². The van der Waals surface area contributed by atoms with Crippen LogP contribution in [0.3, 0.4) is 0 Å². The smallest absolute Gasteiger partial charge is 0.223 e. The van der Waals surface area contributed by atoms with Crippen molar-refractivity contribution in [3.63, 3.8) is 0 Å². The van der Waals surface area contributed by atoms with E-state index in [1.165, 1.54) is 0 Å². The molecule has 2 aromatic rings. The van der Waals surface area contributed by atoms with Crippen molar-refractivity contribution < 1.29 is 9.53 Å². The van der Waals surface area contributed by atoms with Gasteiger partial charge in [0, 0.05) is 38.4 Å². The van der Waals surface area contributed by atoms with Crippen LogP contribution >= 0.6 is 12.4 Å². The van der Waals surface area contributed by atoms with Crippen LogP contribution in [-0.2, 0) is 11.2 Å². The number of methoxy groups -OCH3 is 1. The second-order valence-corrected chi connectivity index (χ2v) is 5.94. The molecule has 0 radical (unpaired) electrons. The molecule has 0 bridgehead atoms. The SMILES string of the molecule is COc1cccc(CCC(=O)N2CCNCC2c2cccnc2)c1.Cl. The number of pyridine rings is 1. The quantitative estimate of drug-likeness (QED) is 0.889. The van der Waals surface area contributed by atoms with Gasteiger partial charge in [-0.25, -0.2) is 0 Å². The Labute approximate surface area is 154 Å². The largest absolute Gasteiger partial charge is 0.497 e. The number of hydrogen-bond donors (Lipinski definition) is 1. The molecule has 0 saturated carbocycles. The normalized spacial score (nSPS) is 16.8. The van der Waals surface area contributed by atoms with Crippen molar-refractivity contribution in [2.24, 2.45) is 0 Å². The maximum atomic E-state index is 12.8. The number of halogens is 1. The molecule has 1 amide bonds. The van der Waals surface area contributed by atoms with E-state index >= 15 is 0 Å². The van der Waals surface area contributed by atoms with Gasteiger partial charge in [0.1, 0.15) is 5.75 Å². The van der Waals surface area contributed by atoms with Gasteiger partial charge in [-0.15, -0.1) is 12.4 Å². The Morgan fingerprint density at radius 1 is 1.36 bits per heavy atom. The maximum absolute atomic E-state index is 12.8. The third kappa shape index (κ3) is 4.94. The van der Waals surface area contributed by atoms with E-state index in [-0.39, 0.29) is 24.4 Å². The van der Waals surface area contributed by atoms with Crippen LogP contribution in [0.4, 0.5) is 0 Å². The maximum Gasteiger partial charge on any atom is 0.223 e. The lowest BCUT2D eigenvalue weighted by Gasteiger charge is -2.36. The van der Waals surface area contributed by atoms with E-state index in [9.17, 15) is 4.79 Å². The zero-order valence-electron chi connectivity index (χ0n) is 14.4. The Kier molecular flexibility index (Phi) is 7.22. The first-order valence-electron chi connectivity index (χ1n) is 8.31. The summed E-state index contributed by atoms with van der Waals surface area (Å²) >= 11 is 0. The Bertz CT molecular complexity index is 681. The lowest BCUT2D eigenvalue weighted by Crippen LogP contribution is -2.48. The Balaban J connectivity index is 0.00000225. The Morgan fingerprint density at radius 2 is 2.24 bits per heavy atom. The van der Waals surface area contributed by atoms with Gasteiger partial charge in [-0.1, -0.05) is 18.2 Å². The number of nitrogens with one attached hydrogen (secondary N) is 1. The highest BCUT2D eigenvalue weighted by atomic mass is 35.5. The monoisotopic (exact) mass is 361 g/mol. The summed E-state index contributed by atoms with van der Waals surface area (Å²) < 4.78 is 5.24. The van der Waals surface area contributed by atoms with Crippen LogP contribution in [-0.4, -0.2) is 42.5 Å². The topological polar surface area (TPSA) is 54.5 Å². The molecule has 2 heterocycles. The van der Waals surface area contributed by atoms with Gasteiger partial charge in [0.2, 0.25) is 5.91 Å². The van der Waals surface area contributed by atoms with Crippen molar-refractivity contribution in [3.05, 3.63) is 59.9 Å². The van der Waals surface area contributed by atoms with E-state index < -0.39 is 0 Å². The zero-order valence-corrected chi connectivity index (χ0v) is 15.2. The molecule has 1 aliphatic heterocycles. The number of aromatic nitrogens is 1. The molecule has 5 nitrogen and oxygen atoms in total. The molecule has 6 heteroatoms. The van der Waals surface area contributed by atoms with E-state index in [1.54, 1.807) is 13.3 Å². The standard InChI is InChI=1S/C19H23N3O2.ClH/c1-24-17-6-2-4-15(12-17)7-8-19(23)22-11-10-21-14-18(22)16-5-3-9-20-13-16;/h2-6,9,12-13,18,21H,7-8,10-11,14H2,1H3;1H. The lowest BCUT2D eigenvalue weighted by atomic mass is 10.0. The molecule has 1 atom stereocenters. The average Bonchev–Trinajstić information content (AvgIpc) is 2.67. The van der Waals surface area contributed by atoms with Gasteiger partial charge in [0.25, 0.3) is 0 Å². The van der Waals surface area contributed by atoms with Crippen LogP contribution in [0, 0.1) is 0 Å². The Hall–Kier alpha value is -2.11. The molecule has 1 aromatic carbocycles. The number of hydrogen-bond acceptors (Lipinski definition) is 4. The number of aryl methyl sites for hydroxylation is 1. The van der Waals surface area contributed by atoms with Crippen molar-refractivity contribution in [1.29, 1.82) is 0 Å². The number of carbonyl (C=O) groups is 1. The van der Waals surface area contributed by atoms with Gasteiger partial charge in [0.05, 0.1) is 13.2 Å². The molecule has 3 rings (SSSR count). The summed E-state index contributed by atoms with van der Waals surface area (Å²) in [6.45, 7) is 2.34. The summed E-state index contributed by atoms with van der Waals surface area (Å²) in [7, 11) is 1.66. The first-order chi connectivity index (χ1) is 11.8. The summed E-state index contributed by atoms with van der Waals surface area (Å²) in [5, 5.41) is 3.37. The highest BCUT2D eigenvalue weighted by molar-refractivity contribution is 5.85. The van der Waals surface area contributed by atoms with Crippen LogP contribution in [0.5, 0.6) is 5.75 Å². The first-order valence-corrected chi connectivity index (χ1v) is 8.31. The van der Waals surface area contributed by atoms with Gasteiger partial charge in [-0.05, 0) is 35.7 Å². The van der Waals surface area contributed by atoms with Crippen molar-refractivity contribution in [2.45, 2.75) is 18.9 Å². The predicted octanol–water partition coefficient (Wildman–Crippen LogP) is 2.62. The van der Waals surface area contributed by atoms with Crippen molar-refractivity contribution in [2.75, 3.05) is 26.7 Å². The number of nitrogens with zero attached hydrogens (tertiary/aromatic N) is 2. The highest BCUT2D eigenvalue weighted by Gasteiger charge is 2.27. The number of benzene rings is 1. The fraction of sp³-hybridized carbons (Fsp3) is 0.368. The molecule has 1 unspecified atom stereocenters. The molecule has 1 aliphatic rings. The van der Waals surface area contributed by atoms with E-state index in [0.717, 1.165) is 42.9 Å². The van der Waals surface area contributed by atoms with E-state index in [0.29, 0.717) is 6.42 Å². The van der Waals surface area contributed by atoms with E-state index in [2.05, 4.69) is 10.3 Å². The molecule has 1 N–H and O–H groups in total. The molecule has 25 heavy (non-hydrogen) atoms. The van der Waals surface area contributed by atoms with Gasteiger partial charge < -0.3 is 15.0 Å². The molecular formula is C19H24ClN3O2. The predicted molar refractivity (Wildman–Crippen MR) is 100 cm³/mol. The van der Waals surface area contributed by atoms with Crippen LogP contribution in [0.2, 0.25) is 0 Å². The minimum atomic E-state index is 0. The third-order valence-electron chi connectivity index (χ3n) is 4.39. The molecular weight excluding hydrogens is 338 g/mol. The second kappa shape index (κ2) is 9.39. The number of amides is 1. The van der Waals surface area contributed by atoms with Gasteiger partial charge in [0.15, 0.2) is 0 Å². The molecule has 134 valence electrons. The van der Waals surface area contributed by atoms with Gasteiger partial charge in [-0.3, -0.25) is 9.78 Å². The summed E-state index contributed by atoms with van der Waals surface area (Å²) in [4.78, 5) is 18.9. The second-order valence-electron chi connectivity index (χ2n) is 5.94.